The van der Waals surface area contributed by atoms with Crippen molar-refractivity contribution in [3.05, 3.63) is 47.5 Å². The monoisotopic (exact) mass is 212 g/mol. The molecule has 0 aliphatic rings. The summed E-state index contributed by atoms with van der Waals surface area (Å²) < 4.78 is 0. The first-order valence-corrected chi connectivity index (χ1v) is 6.22. The molecule has 0 aliphatic heterocycles. The minimum atomic E-state index is 0.718. The molecule has 2 aromatic rings. The molecule has 0 heterocycles. The van der Waals surface area contributed by atoms with Crippen molar-refractivity contribution >= 4 is 10.8 Å². The van der Waals surface area contributed by atoms with E-state index in [4.69, 9.17) is 0 Å². The molecule has 0 radical (unpaired) electrons. The van der Waals surface area contributed by atoms with Gasteiger partial charge in [0.15, 0.2) is 0 Å². The molecule has 16 heavy (non-hydrogen) atoms. The number of benzene rings is 2. The normalized spacial score (nSPS) is 11.2. The summed E-state index contributed by atoms with van der Waals surface area (Å²) in [6.45, 7) is 6.79. The zero-order chi connectivity index (χ0) is 11.5. The summed E-state index contributed by atoms with van der Waals surface area (Å²) >= 11 is 0. The molecule has 0 unspecified atom stereocenters. The molecule has 0 saturated carbocycles. The van der Waals surface area contributed by atoms with E-state index in [9.17, 15) is 0 Å². The predicted molar refractivity (Wildman–Crippen MR) is 71.9 cm³/mol. The van der Waals surface area contributed by atoms with Gasteiger partial charge in [-0.2, -0.15) is 0 Å². The Morgan fingerprint density at radius 3 is 2.00 bits per heavy atom. The van der Waals surface area contributed by atoms with Gasteiger partial charge in [-0.1, -0.05) is 57.2 Å². The molecule has 0 aliphatic carbocycles. The first-order chi connectivity index (χ1) is 7.72. The summed E-state index contributed by atoms with van der Waals surface area (Å²) in [4.78, 5) is 0. The van der Waals surface area contributed by atoms with Crippen molar-refractivity contribution in [1.29, 1.82) is 0 Å². The first kappa shape index (κ1) is 11.2. The Morgan fingerprint density at radius 1 is 0.875 bits per heavy atom. The van der Waals surface area contributed by atoms with Crippen LogP contribution in [0.1, 0.15) is 31.9 Å². The van der Waals surface area contributed by atoms with E-state index in [1.807, 2.05) is 0 Å². The van der Waals surface area contributed by atoms with E-state index >= 15 is 0 Å². The molecular formula is C16H20. The Morgan fingerprint density at radius 2 is 1.44 bits per heavy atom. The summed E-state index contributed by atoms with van der Waals surface area (Å²) in [6.07, 6.45) is 2.28. The van der Waals surface area contributed by atoms with Crippen LogP contribution in [0.15, 0.2) is 36.4 Å². The fourth-order valence-electron chi connectivity index (χ4n) is 2.35. The Balaban J connectivity index is 2.60. The van der Waals surface area contributed by atoms with Crippen LogP contribution in [-0.2, 0) is 12.8 Å². The van der Waals surface area contributed by atoms with Crippen molar-refractivity contribution < 1.29 is 0 Å². The Kier molecular flexibility index (Phi) is 3.28. The molecule has 0 N–H and O–H groups in total. The van der Waals surface area contributed by atoms with Gasteiger partial charge in [-0.15, -0.1) is 0 Å². The number of rotatable bonds is 3. The van der Waals surface area contributed by atoms with Crippen LogP contribution in [0, 0.1) is 5.92 Å². The number of fused-ring (bicyclic) bond motifs is 1. The zero-order valence-electron chi connectivity index (χ0n) is 10.5. The third-order valence-electron chi connectivity index (χ3n) is 3.11. The maximum absolute atomic E-state index is 2.31. The van der Waals surface area contributed by atoms with Gasteiger partial charge in [-0.3, -0.25) is 0 Å². The van der Waals surface area contributed by atoms with Gasteiger partial charge in [-0.25, -0.2) is 0 Å². The molecule has 0 atom stereocenters. The maximum Gasteiger partial charge on any atom is -0.0149 e. The van der Waals surface area contributed by atoms with Gasteiger partial charge in [0.25, 0.3) is 0 Å². The van der Waals surface area contributed by atoms with E-state index in [2.05, 4.69) is 57.2 Å². The highest BCUT2D eigenvalue weighted by Crippen LogP contribution is 2.25. The van der Waals surface area contributed by atoms with Gasteiger partial charge in [0.1, 0.15) is 0 Å². The number of aryl methyl sites for hydroxylation is 1. The first-order valence-electron chi connectivity index (χ1n) is 6.22. The lowest BCUT2D eigenvalue weighted by Gasteiger charge is -2.11. The summed E-state index contributed by atoms with van der Waals surface area (Å²) in [5.41, 5.74) is 2.95. The zero-order valence-corrected chi connectivity index (χ0v) is 10.5. The van der Waals surface area contributed by atoms with Crippen LogP contribution >= 0.6 is 0 Å². The standard InChI is InChI=1S/C16H20/c1-4-13-9-10-14(11-12(2)3)16-8-6-5-7-15(13)16/h5-10,12H,4,11H2,1-3H3. The van der Waals surface area contributed by atoms with Crippen LogP contribution in [0.5, 0.6) is 0 Å². The van der Waals surface area contributed by atoms with Crippen LogP contribution < -0.4 is 0 Å². The molecule has 0 aromatic heterocycles. The Hall–Kier alpha value is -1.30. The van der Waals surface area contributed by atoms with E-state index in [0.29, 0.717) is 0 Å². The molecular weight excluding hydrogens is 192 g/mol. The molecule has 2 rings (SSSR count). The maximum atomic E-state index is 2.31. The predicted octanol–water partition coefficient (Wildman–Crippen LogP) is 4.60. The molecule has 0 fully saturated rings. The number of hydrogen-bond donors (Lipinski definition) is 0. The van der Waals surface area contributed by atoms with E-state index in [-0.39, 0.29) is 0 Å². The van der Waals surface area contributed by atoms with Crippen molar-refractivity contribution in [3.8, 4) is 0 Å². The van der Waals surface area contributed by atoms with Crippen molar-refractivity contribution in [2.24, 2.45) is 5.92 Å². The highest BCUT2D eigenvalue weighted by molar-refractivity contribution is 5.88. The molecule has 0 saturated heterocycles. The summed E-state index contributed by atoms with van der Waals surface area (Å²) in [7, 11) is 0. The third kappa shape index (κ3) is 2.11. The summed E-state index contributed by atoms with van der Waals surface area (Å²) in [6, 6.07) is 13.4. The lowest BCUT2D eigenvalue weighted by molar-refractivity contribution is 0.650. The quantitative estimate of drug-likeness (QED) is 0.697. The SMILES string of the molecule is CCc1ccc(CC(C)C)c2ccccc12. The van der Waals surface area contributed by atoms with Crippen molar-refractivity contribution in [2.75, 3.05) is 0 Å². The van der Waals surface area contributed by atoms with Crippen molar-refractivity contribution in [3.63, 3.8) is 0 Å². The fraction of sp³-hybridized carbons (Fsp3) is 0.375. The largest absolute Gasteiger partial charge is 0.0625 e. The molecule has 2 aromatic carbocycles. The van der Waals surface area contributed by atoms with Gasteiger partial charge in [0, 0.05) is 0 Å². The van der Waals surface area contributed by atoms with Crippen LogP contribution in [0.2, 0.25) is 0 Å². The average Bonchev–Trinajstić information content (AvgIpc) is 2.29. The molecule has 0 bridgehead atoms. The third-order valence-corrected chi connectivity index (χ3v) is 3.11. The molecule has 0 spiro atoms. The lowest BCUT2D eigenvalue weighted by Crippen LogP contribution is -1.96. The number of hydrogen-bond acceptors (Lipinski definition) is 0. The molecule has 0 amide bonds. The van der Waals surface area contributed by atoms with E-state index in [1.54, 1.807) is 0 Å². The topological polar surface area (TPSA) is 0 Å². The highest BCUT2D eigenvalue weighted by Gasteiger charge is 2.05. The van der Waals surface area contributed by atoms with Gasteiger partial charge < -0.3 is 0 Å². The molecule has 0 heteroatoms. The van der Waals surface area contributed by atoms with Gasteiger partial charge >= 0.3 is 0 Å². The molecule has 84 valence electrons. The lowest BCUT2D eigenvalue weighted by atomic mass is 9.93. The van der Waals surface area contributed by atoms with Crippen LogP contribution in [-0.4, -0.2) is 0 Å². The van der Waals surface area contributed by atoms with Crippen LogP contribution in [0.3, 0.4) is 0 Å². The molecule has 0 nitrogen and oxygen atoms in total. The Bertz CT molecular complexity index is 480. The second-order valence-corrected chi connectivity index (χ2v) is 4.88. The van der Waals surface area contributed by atoms with E-state index in [1.165, 1.54) is 28.3 Å². The van der Waals surface area contributed by atoms with Gasteiger partial charge in [-0.05, 0) is 40.7 Å². The average molecular weight is 212 g/mol. The summed E-state index contributed by atoms with van der Waals surface area (Å²) in [5.74, 6) is 0.718. The van der Waals surface area contributed by atoms with Crippen molar-refractivity contribution in [1.82, 2.24) is 0 Å². The highest BCUT2D eigenvalue weighted by atomic mass is 14.1. The minimum Gasteiger partial charge on any atom is -0.0625 e. The second kappa shape index (κ2) is 4.69. The van der Waals surface area contributed by atoms with Gasteiger partial charge in [0.05, 0.1) is 0 Å². The minimum absolute atomic E-state index is 0.718. The Labute approximate surface area is 98.3 Å². The van der Waals surface area contributed by atoms with Crippen LogP contribution in [0.25, 0.3) is 10.8 Å². The smallest absolute Gasteiger partial charge is 0.0149 e. The van der Waals surface area contributed by atoms with E-state index < -0.39 is 0 Å². The summed E-state index contributed by atoms with van der Waals surface area (Å²) in [5, 5.41) is 2.87. The van der Waals surface area contributed by atoms with E-state index in [0.717, 1.165) is 12.3 Å². The fourth-order valence-corrected chi connectivity index (χ4v) is 2.35. The second-order valence-electron chi connectivity index (χ2n) is 4.88. The van der Waals surface area contributed by atoms with Crippen LogP contribution in [0.4, 0.5) is 0 Å². The van der Waals surface area contributed by atoms with Gasteiger partial charge in [0.2, 0.25) is 0 Å². The van der Waals surface area contributed by atoms with Crippen molar-refractivity contribution in [2.45, 2.75) is 33.6 Å².